The first-order valence-electron chi connectivity index (χ1n) is 10.8. The van der Waals surface area contributed by atoms with E-state index in [0.29, 0.717) is 24.3 Å². The maximum Gasteiger partial charge on any atom is 0.326 e. The Bertz CT molecular complexity index is 800. The molecular formula is C22H34N4O5S3. The molecule has 34 heavy (non-hydrogen) atoms. The van der Waals surface area contributed by atoms with Crippen molar-refractivity contribution < 1.29 is 24.3 Å². The molecule has 4 atom stereocenters. The van der Waals surface area contributed by atoms with Gasteiger partial charge in [0.05, 0.1) is 6.04 Å². The highest BCUT2D eigenvalue weighted by Crippen LogP contribution is 2.06. The number of nitrogens with two attached hydrogens (primary N) is 1. The number of carboxylic acids is 1. The smallest absolute Gasteiger partial charge is 0.326 e. The normalized spacial score (nSPS) is 14.4. The quantitative estimate of drug-likeness (QED) is 0.169. The fraction of sp³-hybridized carbons (Fsp3) is 0.545. The van der Waals surface area contributed by atoms with Crippen LogP contribution >= 0.6 is 36.2 Å². The highest BCUT2D eigenvalue weighted by atomic mass is 32.2. The summed E-state index contributed by atoms with van der Waals surface area (Å²) >= 11 is 7.23. The second kappa shape index (κ2) is 16.7. The molecule has 0 saturated carbocycles. The molecular weight excluding hydrogens is 496 g/mol. The van der Waals surface area contributed by atoms with Gasteiger partial charge in [-0.05, 0) is 42.4 Å². The minimum atomic E-state index is -1.19. The van der Waals surface area contributed by atoms with Gasteiger partial charge in [0, 0.05) is 12.2 Å². The molecule has 12 heteroatoms. The van der Waals surface area contributed by atoms with E-state index in [1.165, 1.54) is 11.8 Å². The van der Waals surface area contributed by atoms with Crippen molar-refractivity contribution in [1.82, 2.24) is 16.0 Å². The summed E-state index contributed by atoms with van der Waals surface area (Å²) in [7, 11) is 0. The summed E-state index contributed by atoms with van der Waals surface area (Å²) in [5.41, 5.74) is 6.66. The van der Waals surface area contributed by atoms with E-state index >= 15 is 0 Å². The molecule has 1 aromatic rings. The third kappa shape index (κ3) is 11.0. The van der Waals surface area contributed by atoms with Crippen LogP contribution in [0.5, 0.6) is 0 Å². The van der Waals surface area contributed by atoms with Crippen LogP contribution < -0.4 is 21.7 Å². The molecule has 0 saturated heterocycles. The van der Waals surface area contributed by atoms with Crippen molar-refractivity contribution >= 4 is 59.8 Å². The Hall–Kier alpha value is -1.89. The van der Waals surface area contributed by atoms with E-state index in [9.17, 15) is 24.3 Å². The average Bonchev–Trinajstić information content (AvgIpc) is 2.83. The maximum absolute atomic E-state index is 12.9. The Kier molecular flexibility index (Phi) is 14.8. The van der Waals surface area contributed by atoms with Crippen molar-refractivity contribution in [3.05, 3.63) is 35.9 Å². The van der Waals surface area contributed by atoms with E-state index < -0.39 is 47.9 Å². The topological polar surface area (TPSA) is 151 Å². The number of hydrogen-bond acceptors (Lipinski definition) is 8. The molecule has 0 aliphatic heterocycles. The van der Waals surface area contributed by atoms with E-state index in [4.69, 9.17) is 5.73 Å². The van der Waals surface area contributed by atoms with Crippen LogP contribution in [-0.4, -0.2) is 82.7 Å². The molecule has 9 nitrogen and oxygen atoms in total. The number of rotatable bonds is 16. The lowest BCUT2D eigenvalue weighted by Gasteiger charge is -2.24. The lowest BCUT2D eigenvalue weighted by Crippen LogP contribution is -2.58. The fourth-order valence-corrected chi connectivity index (χ4v) is 4.17. The van der Waals surface area contributed by atoms with Gasteiger partial charge in [0.1, 0.15) is 18.1 Å². The van der Waals surface area contributed by atoms with Crippen molar-refractivity contribution in [2.75, 3.05) is 29.8 Å². The summed E-state index contributed by atoms with van der Waals surface area (Å²) in [6.07, 6.45) is 4.71. The van der Waals surface area contributed by atoms with Gasteiger partial charge in [-0.3, -0.25) is 14.4 Å². The largest absolute Gasteiger partial charge is 0.480 e. The van der Waals surface area contributed by atoms with Gasteiger partial charge in [-0.1, -0.05) is 30.3 Å². The SMILES string of the molecule is CSCCC(N)C(=O)NC(CCSC)C(=O)NC(CS)C(=O)NC(Cc1ccccc1)C(=O)O. The van der Waals surface area contributed by atoms with Crippen LogP contribution in [-0.2, 0) is 25.6 Å². The summed E-state index contributed by atoms with van der Waals surface area (Å²) in [5.74, 6) is -1.57. The zero-order chi connectivity index (χ0) is 25.5. The van der Waals surface area contributed by atoms with E-state index in [1.54, 1.807) is 36.0 Å². The molecule has 0 aliphatic rings. The predicted octanol–water partition coefficient (Wildman–Crippen LogP) is 0.531. The zero-order valence-electron chi connectivity index (χ0n) is 19.4. The molecule has 0 bridgehead atoms. The second-order valence-electron chi connectivity index (χ2n) is 7.56. The molecule has 0 heterocycles. The van der Waals surface area contributed by atoms with E-state index in [2.05, 4.69) is 28.6 Å². The van der Waals surface area contributed by atoms with E-state index in [1.807, 2.05) is 18.6 Å². The number of nitrogens with one attached hydrogen (secondary N) is 3. The number of amides is 3. The summed E-state index contributed by atoms with van der Waals surface area (Å²) in [6, 6.07) is 5.04. The monoisotopic (exact) mass is 530 g/mol. The summed E-state index contributed by atoms with van der Waals surface area (Å²) in [4.78, 5) is 49.7. The van der Waals surface area contributed by atoms with Gasteiger partial charge in [0.25, 0.3) is 0 Å². The Morgan fingerprint density at radius 3 is 1.97 bits per heavy atom. The number of carbonyl (C=O) groups excluding carboxylic acids is 3. The van der Waals surface area contributed by atoms with Gasteiger partial charge < -0.3 is 26.8 Å². The molecule has 0 aliphatic carbocycles. The number of thioether (sulfide) groups is 2. The Morgan fingerprint density at radius 1 is 0.882 bits per heavy atom. The number of thiol groups is 1. The summed E-state index contributed by atoms with van der Waals surface area (Å²) in [5, 5.41) is 17.3. The Morgan fingerprint density at radius 2 is 1.41 bits per heavy atom. The molecule has 0 aromatic heterocycles. The minimum Gasteiger partial charge on any atom is -0.480 e. The van der Waals surface area contributed by atoms with Crippen LogP contribution in [0.25, 0.3) is 0 Å². The Balaban J connectivity index is 2.82. The third-order valence-corrected chi connectivity index (χ3v) is 6.58. The molecule has 0 spiro atoms. The molecule has 4 unspecified atom stereocenters. The first-order valence-corrected chi connectivity index (χ1v) is 14.2. The van der Waals surface area contributed by atoms with Gasteiger partial charge >= 0.3 is 5.97 Å². The number of carbonyl (C=O) groups is 4. The summed E-state index contributed by atoms with van der Waals surface area (Å²) in [6.45, 7) is 0. The van der Waals surface area contributed by atoms with Gasteiger partial charge in [-0.15, -0.1) is 0 Å². The van der Waals surface area contributed by atoms with Crippen molar-refractivity contribution in [3.63, 3.8) is 0 Å². The van der Waals surface area contributed by atoms with E-state index in [0.717, 1.165) is 5.56 Å². The molecule has 0 radical (unpaired) electrons. The molecule has 6 N–H and O–H groups in total. The van der Waals surface area contributed by atoms with Gasteiger partial charge in [-0.2, -0.15) is 36.2 Å². The van der Waals surface area contributed by atoms with Crippen LogP contribution in [0.4, 0.5) is 0 Å². The van der Waals surface area contributed by atoms with Crippen LogP contribution in [0.2, 0.25) is 0 Å². The zero-order valence-corrected chi connectivity index (χ0v) is 21.9. The lowest BCUT2D eigenvalue weighted by molar-refractivity contribution is -0.142. The average molecular weight is 531 g/mol. The molecule has 190 valence electrons. The van der Waals surface area contributed by atoms with Crippen molar-refractivity contribution in [2.45, 2.75) is 43.4 Å². The van der Waals surface area contributed by atoms with Crippen molar-refractivity contribution in [1.29, 1.82) is 0 Å². The summed E-state index contributed by atoms with van der Waals surface area (Å²) < 4.78 is 0. The highest BCUT2D eigenvalue weighted by molar-refractivity contribution is 7.98. The minimum absolute atomic E-state index is 0.0499. The lowest BCUT2D eigenvalue weighted by atomic mass is 10.1. The van der Waals surface area contributed by atoms with Gasteiger partial charge in [-0.25, -0.2) is 4.79 Å². The molecule has 1 rings (SSSR count). The van der Waals surface area contributed by atoms with Crippen LogP contribution in [0.1, 0.15) is 18.4 Å². The number of carboxylic acid groups (broad SMARTS) is 1. The van der Waals surface area contributed by atoms with Crippen LogP contribution in [0, 0.1) is 0 Å². The van der Waals surface area contributed by atoms with E-state index in [-0.39, 0.29) is 12.2 Å². The predicted molar refractivity (Wildman–Crippen MR) is 141 cm³/mol. The van der Waals surface area contributed by atoms with Crippen LogP contribution in [0.15, 0.2) is 30.3 Å². The Labute approximate surface area is 214 Å². The maximum atomic E-state index is 12.9. The standard InChI is InChI=1S/C22H34N4O5S3/c1-33-10-8-15(23)19(27)24-16(9-11-34-2)20(28)26-18(13-32)21(29)25-17(22(30)31)12-14-6-4-3-5-7-14/h3-7,15-18,32H,8-13,23H2,1-2H3,(H,24,27)(H,25,29)(H,26,28)(H,30,31). The number of benzene rings is 1. The van der Waals surface area contributed by atoms with Gasteiger partial charge in [0.2, 0.25) is 17.7 Å². The van der Waals surface area contributed by atoms with Gasteiger partial charge in [0.15, 0.2) is 0 Å². The first kappa shape index (κ1) is 30.1. The third-order valence-electron chi connectivity index (χ3n) is 4.93. The highest BCUT2D eigenvalue weighted by Gasteiger charge is 2.29. The first-order chi connectivity index (χ1) is 16.2. The number of aliphatic carboxylic acids is 1. The van der Waals surface area contributed by atoms with Crippen molar-refractivity contribution in [3.8, 4) is 0 Å². The van der Waals surface area contributed by atoms with Crippen molar-refractivity contribution in [2.24, 2.45) is 5.73 Å². The van der Waals surface area contributed by atoms with Crippen LogP contribution in [0.3, 0.4) is 0 Å². The number of hydrogen-bond donors (Lipinski definition) is 6. The molecule has 1 aromatic carbocycles. The molecule has 0 fully saturated rings. The molecule has 3 amide bonds. The second-order valence-corrected chi connectivity index (χ2v) is 9.90. The fourth-order valence-electron chi connectivity index (χ4n) is 2.95.